The second-order valence-corrected chi connectivity index (χ2v) is 5.46. The molecule has 2 aromatic carbocycles. The summed E-state index contributed by atoms with van der Waals surface area (Å²) in [7, 11) is 4.32. The molecule has 0 atom stereocenters. The summed E-state index contributed by atoms with van der Waals surface area (Å²) in [6, 6.07) is 9.60. The summed E-state index contributed by atoms with van der Waals surface area (Å²) in [5.41, 5.74) is 1.33. The highest BCUT2D eigenvalue weighted by atomic mass is 35.5. The van der Waals surface area contributed by atoms with E-state index in [0.29, 0.717) is 33.2 Å². The molecule has 2 rings (SSSR count). The van der Waals surface area contributed by atoms with E-state index >= 15 is 0 Å². The summed E-state index contributed by atoms with van der Waals surface area (Å²) in [5.74, 6) is 0.186. The molecule has 132 valence electrons. The van der Waals surface area contributed by atoms with Gasteiger partial charge in [0.25, 0.3) is 5.91 Å². The van der Waals surface area contributed by atoms with Crippen molar-refractivity contribution in [2.45, 2.75) is 6.54 Å². The molecule has 0 spiro atoms. The van der Waals surface area contributed by atoms with Crippen molar-refractivity contribution in [3.05, 3.63) is 58.1 Å². The monoisotopic (exact) mass is 363 g/mol. The van der Waals surface area contributed by atoms with Gasteiger partial charge in [0.05, 0.1) is 26.9 Å². The Kier molecular flexibility index (Phi) is 6.25. The molecule has 2 aromatic rings. The van der Waals surface area contributed by atoms with E-state index in [4.69, 9.17) is 21.1 Å². The molecule has 0 saturated heterocycles. The Morgan fingerprint density at radius 2 is 1.64 bits per heavy atom. The van der Waals surface area contributed by atoms with Crippen LogP contribution in [-0.4, -0.2) is 33.2 Å². The Morgan fingerprint density at radius 3 is 2.28 bits per heavy atom. The Balaban J connectivity index is 2.14. The number of esters is 1. The zero-order valence-corrected chi connectivity index (χ0v) is 14.8. The third-order valence-electron chi connectivity index (χ3n) is 3.54. The second kappa shape index (κ2) is 8.39. The minimum Gasteiger partial charge on any atom is -0.493 e. The summed E-state index contributed by atoms with van der Waals surface area (Å²) in [6.07, 6.45) is 0. The van der Waals surface area contributed by atoms with Gasteiger partial charge in [-0.1, -0.05) is 17.7 Å². The highest BCUT2D eigenvalue weighted by Gasteiger charge is 2.13. The molecular formula is C18H18ClNO5. The van der Waals surface area contributed by atoms with E-state index in [-0.39, 0.29) is 12.5 Å². The quantitative estimate of drug-likeness (QED) is 0.798. The van der Waals surface area contributed by atoms with Crippen LogP contribution in [0.5, 0.6) is 11.5 Å². The highest BCUT2D eigenvalue weighted by molar-refractivity contribution is 6.31. The number of amides is 1. The number of rotatable bonds is 6. The molecular weight excluding hydrogens is 346 g/mol. The predicted octanol–water partition coefficient (Wildman–Crippen LogP) is 3.07. The lowest BCUT2D eigenvalue weighted by Gasteiger charge is -2.12. The number of benzene rings is 2. The van der Waals surface area contributed by atoms with Crippen LogP contribution in [0, 0.1) is 0 Å². The first-order valence-electron chi connectivity index (χ1n) is 7.37. The molecule has 0 fully saturated rings. The first kappa shape index (κ1) is 18.6. The van der Waals surface area contributed by atoms with E-state index in [0.717, 1.165) is 0 Å². The average Bonchev–Trinajstić information content (AvgIpc) is 2.65. The van der Waals surface area contributed by atoms with Gasteiger partial charge in [-0.2, -0.15) is 0 Å². The minimum atomic E-state index is -0.502. The maximum atomic E-state index is 12.3. The van der Waals surface area contributed by atoms with Crippen molar-refractivity contribution in [3.63, 3.8) is 0 Å². The maximum Gasteiger partial charge on any atom is 0.337 e. The standard InChI is InChI=1S/C18H18ClNO5/c1-23-15-8-13(14(19)9-16(15)24-2)10-20-17(21)11-5-4-6-12(7-11)18(22)25-3/h4-9H,10H2,1-3H3,(H,20,21). The number of hydrogen-bond acceptors (Lipinski definition) is 5. The molecule has 0 heterocycles. The van der Waals surface area contributed by atoms with E-state index in [1.807, 2.05) is 0 Å². The zero-order valence-electron chi connectivity index (χ0n) is 14.1. The molecule has 0 aliphatic heterocycles. The summed E-state index contributed by atoms with van der Waals surface area (Å²) in [4.78, 5) is 23.9. The first-order valence-corrected chi connectivity index (χ1v) is 7.75. The van der Waals surface area contributed by atoms with E-state index in [1.165, 1.54) is 27.4 Å². The third kappa shape index (κ3) is 4.42. The van der Waals surface area contributed by atoms with Gasteiger partial charge < -0.3 is 19.5 Å². The summed E-state index contributed by atoms with van der Waals surface area (Å²) >= 11 is 6.20. The smallest absolute Gasteiger partial charge is 0.337 e. The van der Waals surface area contributed by atoms with Crippen molar-refractivity contribution in [1.29, 1.82) is 0 Å². The molecule has 0 radical (unpaired) electrons. The number of ether oxygens (including phenoxy) is 3. The van der Waals surface area contributed by atoms with Crippen LogP contribution in [0.25, 0.3) is 0 Å². The van der Waals surface area contributed by atoms with Crippen LogP contribution in [0.4, 0.5) is 0 Å². The number of methoxy groups -OCH3 is 3. The molecule has 0 saturated carbocycles. The zero-order chi connectivity index (χ0) is 18.4. The maximum absolute atomic E-state index is 12.3. The first-order chi connectivity index (χ1) is 12.0. The summed E-state index contributed by atoms with van der Waals surface area (Å²) in [5, 5.41) is 3.20. The van der Waals surface area contributed by atoms with Crippen LogP contribution in [0.3, 0.4) is 0 Å². The lowest BCUT2D eigenvalue weighted by molar-refractivity contribution is 0.0600. The van der Waals surface area contributed by atoms with E-state index < -0.39 is 5.97 Å². The Labute approximate surface area is 150 Å². The number of halogens is 1. The van der Waals surface area contributed by atoms with E-state index in [2.05, 4.69) is 10.1 Å². The fraction of sp³-hybridized carbons (Fsp3) is 0.222. The molecule has 25 heavy (non-hydrogen) atoms. The molecule has 1 N–H and O–H groups in total. The van der Waals surface area contributed by atoms with Crippen molar-refractivity contribution in [1.82, 2.24) is 5.32 Å². The Morgan fingerprint density at radius 1 is 1.00 bits per heavy atom. The van der Waals surface area contributed by atoms with Gasteiger partial charge in [-0.15, -0.1) is 0 Å². The molecule has 0 bridgehead atoms. The van der Waals surface area contributed by atoms with Crippen LogP contribution in [-0.2, 0) is 11.3 Å². The predicted molar refractivity (Wildman–Crippen MR) is 93.5 cm³/mol. The second-order valence-electron chi connectivity index (χ2n) is 5.05. The lowest BCUT2D eigenvalue weighted by Crippen LogP contribution is -2.23. The normalized spacial score (nSPS) is 10.1. The lowest BCUT2D eigenvalue weighted by atomic mass is 10.1. The molecule has 0 unspecified atom stereocenters. The van der Waals surface area contributed by atoms with Crippen LogP contribution >= 0.6 is 11.6 Å². The largest absolute Gasteiger partial charge is 0.493 e. The molecule has 0 aliphatic carbocycles. The van der Waals surface area contributed by atoms with Crippen LogP contribution in [0.2, 0.25) is 5.02 Å². The summed E-state index contributed by atoms with van der Waals surface area (Å²) < 4.78 is 15.1. The minimum absolute atomic E-state index is 0.195. The number of hydrogen-bond donors (Lipinski definition) is 1. The number of carbonyl (C=O) groups excluding carboxylic acids is 2. The molecule has 6 nitrogen and oxygen atoms in total. The van der Waals surface area contributed by atoms with Gasteiger partial charge in [-0.05, 0) is 29.8 Å². The number of nitrogens with one attached hydrogen (secondary N) is 1. The average molecular weight is 364 g/mol. The van der Waals surface area contributed by atoms with E-state index in [1.54, 1.807) is 30.3 Å². The van der Waals surface area contributed by atoms with Gasteiger partial charge in [0.2, 0.25) is 0 Å². The topological polar surface area (TPSA) is 73.9 Å². The SMILES string of the molecule is COC(=O)c1cccc(C(=O)NCc2cc(OC)c(OC)cc2Cl)c1. The van der Waals surface area contributed by atoms with Crippen molar-refractivity contribution < 1.29 is 23.8 Å². The van der Waals surface area contributed by atoms with Gasteiger partial charge >= 0.3 is 5.97 Å². The van der Waals surface area contributed by atoms with Gasteiger partial charge in [-0.25, -0.2) is 4.79 Å². The van der Waals surface area contributed by atoms with Crippen LogP contribution in [0.15, 0.2) is 36.4 Å². The number of carbonyl (C=O) groups is 2. The van der Waals surface area contributed by atoms with Gasteiger partial charge in [0, 0.05) is 23.2 Å². The molecule has 0 aliphatic rings. The van der Waals surface area contributed by atoms with Crippen molar-refractivity contribution in [2.75, 3.05) is 21.3 Å². The molecule has 1 amide bonds. The molecule has 0 aromatic heterocycles. The van der Waals surface area contributed by atoms with Gasteiger partial charge in [0.1, 0.15) is 0 Å². The fourth-order valence-corrected chi connectivity index (χ4v) is 2.44. The van der Waals surface area contributed by atoms with E-state index in [9.17, 15) is 9.59 Å². The summed E-state index contributed by atoms with van der Waals surface area (Å²) in [6.45, 7) is 0.195. The van der Waals surface area contributed by atoms with Gasteiger partial charge in [0.15, 0.2) is 11.5 Å². The van der Waals surface area contributed by atoms with Crippen LogP contribution in [0.1, 0.15) is 26.3 Å². The van der Waals surface area contributed by atoms with Crippen molar-refractivity contribution in [3.8, 4) is 11.5 Å². The fourth-order valence-electron chi connectivity index (χ4n) is 2.21. The van der Waals surface area contributed by atoms with Crippen molar-refractivity contribution in [2.24, 2.45) is 0 Å². The highest BCUT2D eigenvalue weighted by Crippen LogP contribution is 2.33. The van der Waals surface area contributed by atoms with Gasteiger partial charge in [-0.3, -0.25) is 4.79 Å². The van der Waals surface area contributed by atoms with Crippen LogP contribution < -0.4 is 14.8 Å². The third-order valence-corrected chi connectivity index (χ3v) is 3.89. The Bertz CT molecular complexity index is 791. The molecule has 7 heteroatoms. The Hall–Kier alpha value is -2.73. The van der Waals surface area contributed by atoms with Crippen molar-refractivity contribution >= 4 is 23.5 Å².